The summed E-state index contributed by atoms with van der Waals surface area (Å²) in [6, 6.07) is 10.9. The summed E-state index contributed by atoms with van der Waals surface area (Å²) in [7, 11) is -3.59. The highest BCUT2D eigenvalue weighted by atomic mass is 32.2. The molecule has 0 atom stereocenters. The summed E-state index contributed by atoms with van der Waals surface area (Å²) >= 11 is 1.02. The van der Waals surface area contributed by atoms with Gasteiger partial charge in [-0.25, -0.2) is 13.1 Å². The molecule has 0 fully saturated rings. The van der Waals surface area contributed by atoms with Gasteiger partial charge in [0.1, 0.15) is 0 Å². The first kappa shape index (κ1) is 14.7. The number of benzene rings is 1. The minimum atomic E-state index is -3.59. The highest BCUT2D eigenvalue weighted by Crippen LogP contribution is 2.18. The average Bonchev–Trinajstić information content (AvgIpc) is 2.90. The number of nitrogens with two attached hydrogens (primary N) is 1. The van der Waals surface area contributed by atoms with Gasteiger partial charge in [0, 0.05) is 11.9 Å². The fraction of sp³-hybridized carbons (Fsp3) is 0.154. The van der Waals surface area contributed by atoms with Crippen LogP contribution in [0.15, 0.2) is 46.7 Å². The van der Waals surface area contributed by atoms with Gasteiger partial charge in [-0.2, -0.15) is 0 Å². The highest BCUT2D eigenvalue weighted by molar-refractivity contribution is 7.89. The molecule has 0 aliphatic heterocycles. The molecular weight excluding hydrogens is 296 g/mol. The number of carbonyl (C=O) groups is 1. The molecule has 1 aromatic carbocycles. The van der Waals surface area contributed by atoms with Crippen molar-refractivity contribution in [1.82, 2.24) is 4.72 Å². The van der Waals surface area contributed by atoms with Crippen LogP contribution in [0.5, 0.6) is 0 Å². The topological polar surface area (TPSA) is 89.3 Å². The maximum absolute atomic E-state index is 12.0. The SMILES string of the molecule is NC(=O)c1cc(S(=O)(=O)NCCc2ccccc2)cs1. The zero-order valence-electron chi connectivity index (χ0n) is 10.6. The average molecular weight is 310 g/mol. The van der Waals surface area contributed by atoms with Crippen molar-refractivity contribution in [2.45, 2.75) is 11.3 Å². The molecule has 0 radical (unpaired) electrons. The number of amides is 1. The largest absolute Gasteiger partial charge is 0.365 e. The van der Waals surface area contributed by atoms with Gasteiger partial charge in [-0.3, -0.25) is 4.79 Å². The quantitative estimate of drug-likeness (QED) is 0.844. The first-order valence-electron chi connectivity index (χ1n) is 5.91. The Kier molecular flexibility index (Phi) is 4.53. The summed E-state index contributed by atoms with van der Waals surface area (Å²) in [4.78, 5) is 11.3. The van der Waals surface area contributed by atoms with Crippen LogP contribution in [0.4, 0.5) is 0 Å². The van der Waals surface area contributed by atoms with E-state index in [1.807, 2.05) is 30.3 Å². The van der Waals surface area contributed by atoms with E-state index in [1.165, 1.54) is 11.4 Å². The number of primary amides is 1. The van der Waals surface area contributed by atoms with Crippen LogP contribution in [0.25, 0.3) is 0 Å². The van der Waals surface area contributed by atoms with Gasteiger partial charge in [0.2, 0.25) is 10.0 Å². The van der Waals surface area contributed by atoms with Crippen LogP contribution >= 0.6 is 11.3 Å². The molecule has 2 rings (SSSR count). The van der Waals surface area contributed by atoms with E-state index < -0.39 is 15.9 Å². The molecular formula is C13H14N2O3S2. The van der Waals surface area contributed by atoms with E-state index in [1.54, 1.807) is 0 Å². The Morgan fingerprint density at radius 3 is 2.55 bits per heavy atom. The van der Waals surface area contributed by atoms with Crippen molar-refractivity contribution in [1.29, 1.82) is 0 Å². The van der Waals surface area contributed by atoms with Gasteiger partial charge in [-0.15, -0.1) is 11.3 Å². The molecule has 1 heterocycles. The second-order valence-electron chi connectivity index (χ2n) is 4.14. The smallest absolute Gasteiger partial charge is 0.258 e. The molecule has 2 aromatic rings. The minimum Gasteiger partial charge on any atom is -0.365 e. The van der Waals surface area contributed by atoms with Crippen molar-refractivity contribution in [2.24, 2.45) is 5.73 Å². The summed E-state index contributed by atoms with van der Waals surface area (Å²) < 4.78 is 26.5. The normalized spacial score (nSPS) is 11.4. The van der Waals surface area contributed by atoms with Crippen molar-refractivity contribution in [3.8, 4) is 0 Å². The fourth-order valence-electron chi connectivity index (χ4n) is 1.65. The van der Waals surface area contributed by atoms with Crippen LogP contribution in [0.3, 0.4) is 0 Å². The molecule has 106 valence electrons. The van der Waals surface area contributed by atoms with Gasteiger partial charge < -0.3 is 5.73 Å². The summed E-state index contributed by atoms with van der Waals surface area (Å²) in [6.07, 6.45) is 0.604. The van der Waals surface area contributed by atoms with E-state index in [4.69, 9.17) is 5.73 Å². The maximum atomic E-state index is 12.0. The molecule has 7 heteroatoms. The number of nitrogens with one attached hydrogen (secondary N) is 1. The molecule has 0 aliphatic carbocycles. The summed E-state index contributed by atoms with van der Waals surface area (Å²) in [5, 5.41) is 1.41. The van der Waals surface area contributed by atoms with Gasteiger partial charge in [0.15, 0.2) is 0 Å². The van der Waals surface area contributed by atoms with Crippen molar-refractivity contribution >= 4 is 27.3 Å². The number of thiophene rings is 1. The third-order valence-corrected chi connectivity index (χ3v) is 5.21. The Morgan fingerprint density at radius 1 is 1.25 bits per heavy atom. The summed E-state index contributed by atoms with van der Waals surface area (Å²) in [6.45, 7) is 0.300. The number of rotatable bonds is 6. The molecule has 0 aliphatic rings. The standard InChI is InChI=1S/C13H14N2O3S2/c14-13(16)12-8-11(9-19-12)20(17,18)15-7-6-10-4-2-1-3-5-10/h1-5,8-9,15H,6-7H2,(H2,14,16). The van der Waals surface area contributed by atoms with Crippen LogP contribution in [-0.2, 0) is 16.4 Å². The second-order valence-corrected chi connectivity index (χ2v) is 6.82. The Labute approximate surface area is 121 Å². The van der Waals surface area contributed by atoms with E-state index in [2.05, 4.69) is 4.72 Å². The molecule has 0 saturated heterocycles. The van der Waals surface area contributed by atoms with E-state index in [0.29, 0.717) is 13.0 Å². The lowest BCUT2D eigenvalue weighted by Crippen LogP contribution is -2.25. The molecule has 5 nitrogen and oxygen atoms in total. The number of hydrogen-bond acceptors (Lipinski definition) is 4. The number of hydrogen-bond donors (Lipinski definition) is 2. The molecule has 0 spiro atoms. The van der Waals surface area contributed by atoms with Gasteiger partial charge in [0.25, 0.3) is 5.91 Å². The molecule has 1 aromatic heterocycles. The number of carbonyl (C=O) groups excluding carboxylic acids is 1. The Bertz CT molecular complexity index is 693. The van der Waals surface area contributed by atoms with Crippen LogP contribution in [0.1, 0.15) is 15.2 Å². The highest BCUT2D eigenvalue weighted by Gasteiger charge is 2.17. The lowest BCUT2D eigenvalue weighted by Gasteiger charge is -2.04. The third-order valence-electron chi connectivity index (χ3n) is 2.68. The fourth-order valence-corrected chi connectivity index (χ4v) is 3.81. The molecule has 3 N–H and O–H groups in total. The van der Waals surface area contributed by atoms with Crippen molar-refractivity contribution < 1.29 is 13.2 Å². The van der Waals surface area contributed by atoms with Crippen LogP contribution < -0.4 is 10.5 Å². The lowest BCUT2D eigenvalue weighted by atomic mass is 10.2. The van der Waals surface area contributed by atoms with Gasteiger partial charge >= 0.3 is 0 Å². The Balaban J connectivity index is 1.98. The molecule has 0 bridgehead atoms. The third kappa shape index (κ3) is 3.66. The molecule has 1 amide bonds. The molecule has 0 unspecified atom stereocenters. The monoisotopic (exact) mass is 310 g/mol. The second kappa shape index (κ2) is 6.17. The predicted octanol–water partition coefficient (Wildman–Crippen LogP) is 1.37. The van der Waals surface area contributed by atoms with Crippen molar-refractivity contribution in [3.63, 3.8) is 0 Å². The van der Waals surface area contributed by atoms with E-state index in [9.17, 15) is 13.2 Å². The van der Waals surface area contributed by atoms with Crippen molar-refractivity contribution in [3.05, 3.63) is 52.2 Å². The van der Waals surface area contributed by atoms with E-state index in [0.717, 1.165) is 16.9 Å². The zero-order valence-corrected chi connectivity index (χ0v) is 12.2. The first-order valence-corrected chi connectivity index (χ1v) is 8.27. The van der Waals surface area contributed by atoms with Crippen LogP contribution in [-0.4, -0.2) is 20.9 Å². The Morgan fingerprint density at radius 2 is 1.95 bits per heavy atom. The van der Waals surface area contributed by atoms with Gasteiger partial charge in [0.05, 0.1) is 9.77 Å². The van der Waals surface area contributed by atoms with Crippen LogP contribution in [0, 0.1) is 0 Å². The summed E-state index contributed by atoms with van der Waals surface area (Å²) in [5.74, 6) is -0.624. The molecule has 20 heavy (non-hydrogen) atoms. The summed E-state index contributed by atoms with van der Waals surface area (Å²) in [5.41, 5.74) is 6.16. The maximum Gasteiger partial charge on any atom is 0.258 e. The zero-order chi connectivity index (χ0) is 14.6. The van der Waals surface area contributed by atoms with Gasteiger partial charge in [-0.05, 0) is 18.1 Å². The van der Waals surface area contributed by atoms with Crippen LogP contribution in [0.2, 0.25) is 0 Å². The van der Waals surface area contributed by atoms with E-state index >= 15 is 0 Å². The van der Waals surface area contributed by atoms with Crippen molar-refractivity contribution in [2.75, 3.05) is 6.54 Å². The predicted molar refractivity (Wildman–Crippen MR) is 78.2 cm³/mol. The lowest BCUT2D eigenvalue weighted by molar-refractivity contribution is 0.100. The molecule has 0 saturated carbocycles. The minimum absolute atomic E-state index is 0.0735. The first-order chi connectivity index (χ1) is 9.49. The van der Waals surface area contributed by atoms with E-state index in [-0.39, 0.29) is 9.77 Å². The van der Waals surface area contributed by atoms with Gasteiger partial charge in [-0.1, -0.05) is 30.3 Å². The number of sulfonamides is 1. The Hall–Kier alpha value is -1.70.